The summed E-state index contributed by atoms with van der Waals surface area (Å²) in [4.78, 5) is 12.3. The number of amides is 1. The van der Waals surface area contributed by atoms with Crippen LogP contribution in [0, 0.1) is 6.92 Å². The molecule has 0 atom stereocenters. The fraction of sp³-hybridized carbons (Fsp3) is 0.278. The van der Waals surface area contributed by atoms with Gasteiger partial charge in [-0.1, -0.05) is 11.8 Å². The minimum absolute atomic E-state index is 0.0860. The van der Waals surface area contributed by atoms with Crippen LogP contribution in [0.5, 0.6) is 17.2 Å². The number of carbonyl (C=O) groups excluding carboxylic acids is 1. The highest BCUT2D eigenvalue weighted by atomic mass is 32.2. The van der Waals surface area contributed by atoms with E-state index in [1.807, 2.05) is 0 Å². The van der Waals surface area contributed by atoms with Crippen molar-refractivity contribution in [2.24, 2.45) is 0 Å². The second-order valence-corrected chi connectivity index (χ2v) is 6.44. The van der Waals surface area contributed by atoms with E-state index < -0.39 is 0 Å². The summed E-state index contributed by atoms with van der Waals surface area (Å²) in [5.74, 6) is 2.20. The lowest BCUT2D eigenvalue weighted by molar-refractivity contribution is -0.113. The van der Waals surface area contributed by atoms with Crippen LogP contribution in [0.1, 0.15) is 5.76 Å². The van der Waals surface area contributed by atoms with Crippen LogP contribution in [0.2, 0.25) is 0 Å². The van der Waals surface area contributed by atoms with Crippen LogP contribution in [0.25, 0.3) is 11.5 Å². The van der Waals surface area contributed by atoms with Crippen LogP contribution in [0.4, 0.5) is 5.69 Å². The number of methoxy groups -OCH3 is 3. The molecule has 0 spiro atoms. The second-order valence-electron chi connectivity index (χ2n) is 5.51. The maximum absolute atomic E-state index is 12.3. The zero-order chi connectivity index (χ0) is 20.1. The van der Waals surface area contributed by atoms with Gasteiger partial charge in [0.15, 0.2) is 11.5 Å². The first-order valence-corrected chi connectivity index (χ1v) is 9.15. The molecular formula is C18H19N3O6S. The van der Waals surface area contributed by atoms with E-state index in [1.54, 1.807) is 31.4 Å². The van der Waals surface area contributed by atoms with Crippen molar-refractivity contribution < 1.29 is 27.8 Å². The molecule has 0 bridgehead atoms. The van der Waals surface area contributed by atoms with E-state index >= 15 is 0 Å². The van der Waals surface area contributed by atoms with Crippen LogP contribution < -0.4 is 19.5 Å². The Kier molecular flexibility index (Phi) is 6.09. The summed E-state index contributed by atoms with van der Waals surface area (Å²) in [7, 11) is 4.53. The summed E-state index contributed by atoms with van der Waals surface area (Å²) in [5.41, 5.74) is 1.24. The number of carbonyl (C=O) groups is 1. The Balaban J connectivity index is 1.63. The number of aryl methyl sites for hydroxylation is 1. The molecule has 0 aliphatic rings. The fourth-order valence-electron chi connectivity index (χ4n) is 2.46. The van der Waals surface area contributed by atoms with Gasteiger partial charge in [-0.15, -0.1) is 10.2 Å². The molecule has 10 heteroatoms. The topological polar surface area (TPSA) is 109 Å². The van der Waals surface area contributed by atoms with Gasteiger partial charge < -0.3 is 28.4 Å². The van der Waals surface area contributed by atoms with E-state index in [0.717, 1.165) is 17.3 Å². The van der Waals surface area contributed by atoms with Crippen LogP contribution in [-0.2, 0) is 4.79 Å². The van der Waals surface area contributed by atoms with E-state index in [4.69, 9.17) is 23.0 Å². The third-order valence-electron chi connectivity index (χ3n) is 3.77. The van der Waals surface area contributed by atoms with Crippen molar-refractivity contribution in [2.75, 3.05) is 32.4 Å². The molecule has 0 aliphatic heterocycles. The number of nitrogens with zero attached hydrogens (tertiary/aromatic N) is 2. The number of ether oxygens (including phenoxy) is 3. The highest BCUT2D eigenvalue weighted by molar-refractivity contribution is 7.99. The molecule has 9 nitrogen and oxygen atoms in total. The van der Waals surface area contributed by atoms with Crippen molar-refractivity contribution in [1.82, 2.24) is 10.2 Å². The maximum atomic E-state index is 12.3. The number of benzene rings is 1. The van der Waals surface area contributed by atoms with Crippen molar-refractivity contribution in [3.63, 3.8) is 0 Å². The average Bonchev–Trinajstić information content (AvgIpc) is 3.34. The first kappa shape index (κ1) is 19.6. The lowest BCUT2D eigenvalue weighted by Gasteiger charge is -2.14. The summed E-state index contributed by atoms with van der Waals surface area (Å²) < 4.78 is 26.6. The van der Waals surface area contributed by atoms with E-state index in [9.17, 15) is 4.79 Å². The maximum Gasteiger partial charge on any atom is 0.277 e. The molecule has 0 aliphatic carbocycles. The monoisotopic (exact) mass is 405 g/mol. The van der Waals surface area contributed by atoms with E-state index in [0.29, 0.717) is 34.6 Å². The molecule has 1 aromatic carbocycles. The highest BCUT2D eigenvalue weighted by Crippen LogP contribution is 2.40. The predicted molar refractivity (Wildman–Crippen MR) is 102 cm³/mol. The molecule has 3 rings (SSSR count). The lowest BCUT2D eigenvalue weighted by Crippen LogP contribution is -2.14. The average molecular weight is 405 g/mol. The van der Waals surface area contributed by atoms with Gasteiger partial charge in [0.2, 0.25) is 11.7 Å². The fourth-order valence-corrected chi connectivity index (χ4v) is 3.02. The molecule has 2 heterocycles. The summed E-state index contributed by atoms with van der Waals surface area (Å²) >= 11 is 1.13. The van der Waals surface area contributed by atoms with Gasteiger partial charge in [0.1, 0.15) is 5.76 Å². The third kappa shape index (κ3) is 4.22. The van der Waals surface area contributed by atoms with Gasteiger partial charge in [-0.25, -0.2) is 0 Å². The molecular weight excluding hydrogens is 386 g/mol. The van der Waals surface area contributed by atoms with Crippen molar-refractivity contribution in [1.29, 1.82) is 0 Å². The minimum Gasteiger partial charge on any atom is -0.493 e. The van der Waals surface area contributed by atoms with Gasteiger partial charge in [0.05, 0.1) is 38.9 Å². The van der Waals surface area contributed by atoms with Gasteiger partial charge in [-0.05, 0) is 13.0 Å². The molecule has 0 saturated heterocycles. The first-order chi connectivity index (χ1) is 13.5. The van der Waals surface area contributed by atoms with Gasteiger partial charge in [-0.2, -0.15) is 0 Å². The first-order valence-electron chi connectivity index (χ1n) is 8.16. The Morgan fingerprint density at radius 1 is 1.14 bits per heavy atom. The van der Waals surface area contributed by atoms with Crippen LogP contribution >= 0.6 is 11.8 Å². The number of anilines is 1. The minimum atomic E-state index is -0.251. The number of aromatic nitrogens is 2. The van der Waals surface area contributed by atoms with E-state index in [1.165, 1.54) is 21.3 Å². The largest absolute Gasteiger partial charge is 0.493 e. The highest BCUT2D eigenvalue weighted by Gasteiger charge is 2.16. The number of rotatable bonds is 8. The summed E-state index contributed by atoms with van der Waals surface area (Å²) in [5, 5.41) is 11.0. The lowest BCUT2D eigenvalue weighted by atomic mass is 10.2. The number of hydrogen-bond acceptors (Lipinski definition) is 9. The Bertz CT molecular complexity index is 943. The molecule has 0 radical (unpaired) electrons. The zero-order valence-electron chi connectivity index (χ0n) is 15.8. The predicted octanol–water partition coefficient (Wildman–Crippen LogP) is 3.39. The van der Waals surface area contributed by atoms with Crippen molar-refractivity contribution >= 4 is 23.4 Å². The molecule has 1 amide bonds. The summed E-state index contributed by atoms with van der Waals surface area (Å²) in [6.07, 6.45) is 1.55. The normalized spacial score (nSPS) is 10.6. The van der Waals surface area contributed by atoms with Gasteiger partial charge in [-0.3, -0.25) is 4.79 Å². The number of hydrogen-bond donors (Lipinski definition) is 1. The Morgan fingerprint density at radius 2 is 1.86 bits per heavy atom. The van der Waals surface area contributed by atoms with Crippen LogP contribution in [0.15, 0.2) is 38.5 Å². The van der Waals surface area contributed by atoms with Crippen molar-refractivity contribution in [3.05, 3.63) is 30.2 Å². The SMILES string of the molecule is COc1cc(NC(=O)CSc2nnc(-c3ccoc3C)o2)cc(OC)c1OC. The Labute approximate surface area is 165 Å². The molecule has 0 saturated carbocycles. The molecule has 3 aromatic rings. The Hall–Kier alpha value is -3.14. The van der Waals surface area contributed by atoms with E-state index in [-0.39, 0.29) is 16.9 Å². The van der Waals surface area contributed by atoms with Crippen LogP contribution in [0.3, 0.4) is 0 Å². The third-order valence-corrected chi connectivity index (χ3v) is 4.59. The van der Waals surface area contributed by atoms with Crippen LogP contribution in [-0.4, -0.2) is 43.2 Å². The number of nitrogens with one attached hydrogen (secondary N) is 1. The van der Waals surface area contributed by atoms with Crippen molar-refractivity contribution in [3.8, 4) is 28.7 Å². The second kappa shape index (κ2) is 8.70. The number of furan rings is 1. The Morgan fingerprint density at radius 3 is 2.43 bits per heavy atom. The molecule has 0 unspecified atom stereocenters. The number of thioether (sulfide) groups is 1. The molecule has 148 valence electrons. The smallest absolute Gasteiger partial charge is 0.277 e. The quantitative estimate of drug-likeness (QED) is 0.564. The van der Waals surface area contributed by atoms with Gasteiger partial charge in [0.25, 0.3) is 11.1 Å². The molecule has 28 heavy (non-hydrogen) atoms. The molecule has 2 aromatic heterocycles. The standard InChI is InChI=1S/C18H19N3O6S/c1-10-12(5-6-26-10)17-20-21-18(27-17)28-9-15(22)19-11-7-13(23-2)16(25-4)14(8-11)24-3/h5-8H,9H2,1-4H3,(H,19,22). The molecule has 0 fully saturated rings. The van der Waals surface area contributed by atoms with Crippen molar-refractivity contribution in [2.45, 2.75) is 12.1 Å². The summed E-state index contributed by atoms with van der Waals surface area (Å²) in [6, 6.07) is 5.04. The van der Waals surface area contributed by atoms with Gasteiger partial charge >= 0.3 is 0 Å². The summed E-state index contributed by atoms with van der Waals surface area (Å²) in [6.45, 7) is 1.80. The van der Waals surface area contributed by atoms with Gasteiger partial charge in [0, 0.05) is 17.8 Å². The zero-order valence-corrected chi connectivity index (χ0v) is 16.6. The molecule has 1 N–H and O–H groups in total. The van der Waals surface area contributed by atoms with E-state index in [2.05, 4.69) is 15.5 Å².